The summed E-state index contributed by atoms with van der Waals surface area (Å²) in [6.07, 6.45) is 6.15. The van der Waals surface area contributed by atoms with Crippen molar-refractivity contribution in [1.82, 2.24) is 15.6 Å². The van der Waals surface area contributed by atoms with Crippen molar-refractivity contribution in [1.29, 1.82) is 0 Å². The summed E-state index contributed by atoms with van der Waals surface area (Å²) >= 11 is 1.12. The van der Waals surface area contributed by atoms with E-state index in [1.165, 1.54) is 25.5 Å². The van der Waals surface area contributed by atoms with Gasteiger partial charge in [-0.3, -0.25) is 14.9 Å². The zero-order valence-corrected chi connectivity index (χ0v) is 26.2. The maximum atomic E-state index is 12.3. The molecule has 0 spiro atoms. The minimum absolute atomic E-state index is 0.0363. The van der Waals surface area contributed by atoms with E-state index in [2.05, 4.69) is 33.0 Å². The molecule has 0 fully saturated rings. The number of nitrogens with zero attached hydrogens (tertiary/aromatic N) is 3. The highest BCUT2D eigenvalue weighted by Crippen LogP contribution is 2.27. The molecule has 4 aromatic rings. The van der Waals surface area contributed by atoms with Crippen LogP contribution < -0.4 is 29.7 Å². The first kappa shape index (κ1) is 32.9. The number of anilines is 1. The van der Waals surface area contributed by atoms with E-state index >= 15 is 0 Å². The monoisotopic (exact) mass is 631 g/mol. The van der Waals surface area contributed by atoms with Crippen LogP contribution in [0.5, 0.6) is 23.0 Å². The third kappa shape index (κ3) is 11.2. The van der Waals surface area contributed by atoms with Crippen LogP contribution in [-0.2, 0) is 11.2 Å². The number of hydrogen-bond donors (Lipinski definition) is 2. The number of carbonyl (C=O) groups is 2. The molecular weight excluding hydrogens is 594 g/mol. The molecule has 2 amide bonds. The molecule has 11 nitrogen and oxygen atoms in total. The number of benzene rings is 3. The van der Waals surface area contributed by atoms with Crippen LogP contribution in [0.4, 0.5) is 5.13 Å². The summed E-state index contributed by atoms with van der Waals surface area (Å²) in [4.78, 5) is 24.6. The summed E-state index contributed by atoms with van der Waals surface area (Å²) in [5.41, 5.74) is 3.67. The molecular formula is C33H37N5O6S. The molecule has 0 unspecified atom stereocenters. The quantitative estimate of drug-likeness (QED) is 0.0787. The van der Waals surface area contributed by atoms with Crippen LogP contribution in [0.15, 0.2) is 77.9 Å². The van der Waals surface area contributed by atoms with E-state index in [1.54, 1.807) is 49.6 Å². The van der Waals surface area contributed by atoms with Crippen molar-refractivity contribution in [3.8, 4) is 23.0 Å². The van der Waals surface area contributed by atoms with Crippen LogP contribution >= 0.6 is 11.3 Å². The van der Waals surface area contributed by atoms with E-state index in [1.807, 2.05) is 30.3 Å². The van der Waals surface area contributed by atoms with E-state index in [9.17, 15) is 9.59 Å². The SMILES string of the molecule is CCCCCCOc1ccc(OCCOc2ccc(/C=N/NC(=O)Cc3nnc(NC(=O)c4ccccc4)s3)cc2OC)cc1. The van der Waals surface area contributed by atoms with Gasteiger partial charge in [0.2, 0.25) is 11.0 Å². The van der Waals surface area contributed by atoms with Crippen LogP contribution in [0, 0.1) is 0 Å². The summed E-state index contributed by atoms with van der Waals surface area (Å²) in [7, 11) is 1.55. The van der Waals surface area contributed by atoms with Crippen molar-refractivity contribution in [2.45, 2.75) is 39.0 Å². The van der Waals surface area contributed by atoms with Gasteiger partial charge < -0.3 is 18.9 Å². The number of unbranched alkanes of at least 4 members (excludes halogenated alkanes) is 3. The topological polar surface area (TPSA) is 133 Å². The molecule has 0 radical (unpaired) electrons. The second kappa shape index (κ2) is 18.0. The van der Waals surface area contributed by atoms with Crippen LogP contribution in [0.25, 0.3) is 0 Å². The lowest BCUT2D eigenvalue weighted by Crippen LogP contribution is -2.19. The van der Waals surface area contributed by atoms with Gasteiger partial charge >= 0.3 is 0 Å². The van der Waals surface area contributed by atoms with Crippen LogP contribution in [0.2, 0.25) is 0 Å². The van der Waals surface area contributed by atoms with Crippen molar-refractivity contribution in [3.05, 3.63) is 88.9 Å². The highest BCUT2D eigenvalue weighted by atomic mass is 32.1. The first-order chi connectivity index (χ1) is 22.0. The fourth-order valence-corrected chi connectivity index (χ4v) is 4.77. The van der Waals surface area contributed by atoms with Gasteiger partial charge in [0.25, 0.3) is 5.91 Å². The van der Waals surface area contributed by atoms with Crippen molar-refractivity contribution in [3.63, 3.8) is 0 Å². The number of ether oxygens (including phenoxy) is 4. The third-order valence-electron chi connectivity index (χ3n) is 6.33. The van der Waals surface area contributed by atoms with E-state index < -0.39 is 0 Å². The van der Waals surface area contributed by atoms with Gasteiger partial charge in [-0.25, -0.2) is 5.43 Å². The molecule has 12 heteroatoms. The predicted octanol–water partition coefficient (Wildman–Crippen LogP) is 5.91. The average molecular weight is 632 g/mol. The van der Waals surface area contributed by atoms with Gasteiger partial charge in [-0.2, -0.15) is 5.10 Å². The number of methoxy groups -OCH3 is 1. The Morgan fingerprint density at radius 1 is 0.844 bits per heavy atom. The van der Waals surface area contributed by atoms with Gasteiger partial charge in [-0.1, -0.05) is 55.7 Å². The van der Waals surface area contributed by atoms with Crippen molar-refractivity contribution < 1.29 is 28.5 Å². The summed E-state index contributed by atoms with van der Waals surface area (Å²) < 4.78 is 22.9. The maximum absolute atomic E-state index is 12.3. The molecule has 0 saturated heterocycles. The number of hydrogen-bond acceptors (Lipinski definition) is 10. The number of nitrogens with one attached hydrogen (secondary N) is 2. The molecule has 1 heterocycles. The Balaban J connectivity index is 1.16. The summed E-state index contributed by atoms with van der Waals surface area (Å²) in [6.45, 7) is 3.59. The minimum Gasteiger partial charge on any atom is -0.494 e. The molecule has 3 aromatic carbocycles. The molecule has 0 atom stereocenters. The molecule has 45 heavy (non-hydrogen) atoms. The van der Waals surface area contributed by atoms with Crippen molar-refractivity contribution >= 4 is 34.5 Å². The minimum atomic E-state index is -0.375. The van der Waals surface area contributed by atoms with Crippen LogP contribution in [-0.4, -0.2) is 55.2 Å². The van der Waals surface area contributed by atoms with Crippen LogP contribution in [0.1, 0.15) is 53.5 Å². The van der Waals surface area contributed by atoms with Gasteiger partial charge in [-0.05, 0) is 66.6 Å². The summed E-state index contributed by atoms with van der Waals surface area (Å²) in [6, 6.07) is 21.6. The number of carbonyl (C=O) groups excluding carboxylic acids is 2. The molecule has 0 saturated carbocycles. The second-order valence-corrected chi connectivity index (χ2v) is 10.8. The highest BCUT2D eigenvalue weighted by Gasteiger charge is 2.12. The second-order valence-electron chi connectivity index (χ2n) is 9.78. The fourth-order valence-electron chi connectivity index (χ4n) is 4.04. The maximum Gasteiger partial charge on any atom is 0.257 e. The molecule has 0 aliphatic heterocycles. The molecule has 2 N–H and O–H groups in total. The Bertz CT molecular complexity index is 1530. The van der Waals surface area contributed by atoms with E-state index in [4.69, 9.17) is 18.9 Å². The molecule has 0 aliphatic carbocycles. The first-order valence-electron chi connectivity index (χ1n) is 14.7. The Labute approximate surface area is 266 Å². The molecule has 0 aliphatic rings. The molecule has 1 aromatic heterocycles. The normalized spacial score (nSPS) is 10.8. The zero-order valence-electron chi connectivity index (χ0n) is 25.4. The number of hydrazone groups is 1. The summed E-state index contributed by atoms with van der Waals surface area (Å²) in [5.74, 6) is 1.97. The summed E-state index contributed by atoms with van der Waals surface area (Å²) in [5, 5.41) is 15.3. The van der Waals surface area contributed by atoms with Gasteiger partial charge in [0.05, 0.1) is 26.4 Å². The smallest absolute Gasteiger partial charge is 0.257 e. The molecule has 236 valence electrons. The van der Waals surface area contributed by atoms with Gasteiger partial charge in [0, 0.05) is 5.56 Å². The number of aromatic nitrogens is 2. The molecule has 4 rings (SSSR count). The fraction of sp³-hybridized carbons (Fsp3) is 0.303. The Morgan fingerprint density at radius 3 is 2.31 bits per heavy atom. The van der Waals surface area contributed by atoms with E-state index in [-0.39, 0.29) is 18.2 Å². The van der Waals surface area contributed by atoms with E-state index in [0.717, 1.165) is 35.9 Å². The van der Waals surface area contributed by atoms with Crippen LogP contribution in [0.3, 0.4) is 0 Å². The predicted molar refractivity (Wildman–Crippen MR) is 174 cm³/mol. The Hall–Kier alpha value is -4.97. The van der Waals surface area contributed by atoms with Gasteiger partial charge in [-0.15, -0.1) is 10.2 Å². The van der Waals surface area contributed by atoms with Crippen molar-refractivity contribution in [2.75, 3.05) is 32.2 Å². The lowest BCUT2D eigenvalue weighted by molar-refractivity contribution is -0.120. The van der Waals surface area contributed by atoms with E-state index in [0.29, 0.717) is 46.0 Å². The number of amides is 2. The third-order valence-corrected chi connectivity index (χ3v) is 7.16. The number of rotatable bonds is 18. The molecule has 0 bridgehead atoms. The Kier molecular flexibility index (Phi) is 13.2. The standard InChI is InChI=1S/C33H37N5O6S/c1-3-4-5-9-18-42-26-13-15-27(16-14-26)43-19-20-44-28-17-12-24(21-29(28)41-2)23-34-36-30(39)22-31-37-38-33(45-31)35-32(40)25-10-7-6-8-11-25/h6-8,10-17,21,23H,3-5,9,18-20,22H2,1-2H3,(H,36,39)(H,35,38,40)/b34-23+. The lowest BCUT2D eigenvalue weighted by atomic mass is 10.2. The Morgan fingerprint density at radius 2 is 1.58 bits per heavy atom. The zero-order chi connectivity index (χ0) is 31.7. The van der Waals surface area contributed by atoms with Gasteiger partial charge in [0.1, 0.15) is 29.7 Å². The largest absolute Gasteiger partial charge is 0.494 e. The average Bonchev–Trinajstić information content (AvgIpc) is 3.50. The first-order valence-corrected chi connectivity index (χ1v) is 15.5. The van der Waals surface area contributed by atoms with Crippen molar-refractivity contribution in [2.24, 2.45) is 5.10 Å². The van der Waals surface area contributed by atoms with Gasteiger partial charge in [0.15, 0.2) is 11.5 Å². The highest BCUT2D eigenvalue weighted by molar-refractivity contribution is 7.15. The lowest BCUT2D eigenvalue weighted by Gasteiger charge is -2.12.